The van der Waals surface area contributed by atoms with Crippen LogP contribution < -0.4 is 0 Å². The highest BCUT2D eigenvalue weighted by atomic mass is 16.5. The van der Waals surface area contributed by atoms with Crippen molar-refractivity contribution in [2.75, 3.05) is 26.4 Å². The molecule has 1 saturated heterocycles. The van der Waals surface area contributed by atoms with Crippen molar-refractivity contribution < 1.29 is 9.84 Å². The average Bonchev–Trinajstić information content (AvgIpc) is 2.57. The van der Waals surface area contributed by atoms with Crippen LogP contribution in [0.4, 0.5) is 0 Å². The summed E-state index contributed by atoms with van der Waals surface area (Å²) in [7, 11) is 0. The Labute approximate surface area is 126 Å². The van der Waals surface area contributed by atoms with E-state index in [0.29, 0.717) is 12.5 Å². The number of nitrogens with zero attached hydrogens (tertiary/aromatic N) is 3. The van der Waals surface area contributed by atoms with Gasteiger partial charge in [-0.3, -0.25) is 4.90 Å². The van der Waals surface area contributed by atoms with Gasteiger partial charge in [0.05, 0.1) is 25.9 Å². The van der Waals surface area contributed by atoms with Crippen LogP contribution in [0, 0.1) is 0 Å². The van der Waals surface area contributed by atoms with Crippen molar-refractivity contribution in [1.82, 2.24) is 14.9 Å². The maximum atomic E-state index is 9.40. The van der Waals surface area contributed by atoms with Crippen molar-refractivity contribution in [2.24, 2.45) is 0 Å². The van der Waals surface area contributed by atoms with E-state index in [4.69, 9.17) is 4.74 Å². The zero-order chi connectivity index (χ0) is 14.5. The van der Waals surface area contributed by atoms with Crippen LogP contribution in [0.5, 0.6) is 0 Å². The molecule has 1 aromatic rings. The molecule has 2 fully saturated rings. The smallest absolute Gasteiger partial charge is 0.131 e. The minimum Gasteiger partial charge on any atom is -0.395 e. The van der Waals surface area contributed by atoms with Crippen molar-refractivity contribution in [3.8, 4) is 0 Å². The van der Waals surface area contributed by atoms with Gasteiger partial charge in [0.1, 0.15) is 5.82 Å². The molecule has 2 heterocycles. The van der Waals surface area contributed by atoms with Crippen LogP contribution in [-0.4, -0.2) is 52.4 Å². The summed E-state index contributed by atoms with van der Waals surface area (Å²) in [4.78, 5) is 11.4. The van der Waals surface area contributed by atoms with Gasteiger partial charge >= 0.3 is 0 Å². The van der Waals surface area contributed by atoms with E-state index in [1.807, 2.05) is 12.4 Å². The Hall–Kier alpha value is -1.04. The summed E-state index contributed by atoms with van der Waals surface area (Å²) in [5.41, 5.74) is 1.12. The van der Waals surface area contributed by atoms with E-state index in [-0.39, 0.29) is 12.6 Å². The summed E-state index contributed by atoms with van der Waals surface area (Å²) in [5.74, 6) is 1.57. The second-order valence-electron chi connectivity index (χ2n) is 6.17. The molecule has 116 valence electrons. The van der Waals surface area contributed by atoms with Crippen molar-refractivity contribution in [3.05, 3.63) is 23.8 Å². The monoisotopic (exact) mass is 291 g/mol. The van der Waals surface area contributed by atoms with Gasteiger partial charge in [0.25, 0.3) is 0 Å². The average molecular weight is 291 g/mol. The molecule has 1 aromatic heterocycles. The third-order valence-electron chi connectivity index (χ3n) is 4.64. The molecule has 0 radical (unpaired) electrons. The predicted molar refractivity (Wildman–Crippen MR) is 80.0 cm³/mol. The van der Waals surface area contributed by atoms with E-state index >= 15 is 0 Å². The van der Waals surface area contributed by atoms with E-state index in [1.54, 1.807) is 0 Å². The van der Waals surface area contributed by atoms with Crippen molar-refractivity contribution >= 4 is 0 Å². The molecule has 0 bridgehead atoms. The van der Waals surface area contributed by atoms with Gasteiger partial charge < -0.3 is 9.84 Å². The lowest BCUT2D eigenvalue weighted by Gasteiger charge is -2.34. The van der Waals surface area contributed by atoms with Crippen LogP contribution in [0.15, 0.2) is 12.4 Å². The van der Waals surface area contributed by atoms with Gasteiger partial charge in [-0.2, -0.15) is 0 Å². The first-order chi connectivity index (χ1) is 10.4. The fraction of sp³-hybridized carbons (Fsp3) is 0.750. The fourth-order valence-corrected chi connectivity index (χ4v) is 3.32. The number of hydrogen-bond donors (Lipinski definition) is 1. The van der Waals surface area contributed by atoms with Gasteiger partial charge in [0.15, 0.2) is 0 Å². The molecular weight excluding hydrogens is 266 g/mol. The maximum Gasteiger partial charge on any atom is 0.131 e. The summed E-state index contributed by atoms with van der Waals surface area (Å²) in [5, 5.41) is 9.40. The largest absolute Gasteiger partial charge is 0.395 e. The van der Waals surface area contributed by atoms with Gasteiger partial charge in [-0.25, -0.2) is 9.97 Å². The number of aromatic nitrogens is 2. The van der Waals surface area contributed by atoms with Gasteiger partial charge in [-0.05, 0) is 12.8 Å². The standard InChI is InChI=1S/C16H25N3O2/c20-11-15-12-21-7-6-19(15)10-13-8-17-16(18-9-13)14-4-2-1-3-5-14/h8-9,14-15,20H,1-7,10-12H2/t15-/m1/s1. The molecular formula is C16H25N3O2. The highest BCUT2D eigenvalue weighted by Crippen LogP contribution is 2.30. The molecule has 1 N–H and O–H groups in total. The molecule has 5 nitrogen and oxygen atoms in total. The van der Waals surface area contributed by atoms with E-state index in [2.05, 4.69) is 14.9 Å². The van der Waals surface area contributed by atoms with Crippen LogP contribution in [-0.2, 0) is 11.3 Å². The highest BCUT2D eigenvalue weighted by Gasteiger charge is 2.23. The summed E-state index contributed by atoms with van der Waals surface area (Å²) in [6.45, 7) is 3.13. The summed E-state index contributed by atoms with van der Waals surface area (Å²) in [6, 6.07) is 0.0942. The van der Waals surface area contributed by atoms with Crippen molar-refractivity contribution in [1.29, 1.82) is 0 Å². The lowest BCUT2D eigenvalue weighted by Crippen LogP contribution is -2.46. The normalized spacial score (nSPS) is 25.1. The molecule has 1 saturated carbocycles. The van der Waals surface area contributed by atoms with Gasteiger partial charge in [0, 0.05) is 37.0 Å². The Morgan fingerprint density at radius 2 is 1.95 bits per heavy atom. The number of rotatable bonds is 4. The molecule has 0 aromatic carbocycles. The molecule has 1 aliphatic carbocycles. The molecule has 1 aliphatic heterocycles. The third kappa shape index (κ3) is 3.78. The molecule has 2 aliphatic rings. The zero-order valence-electron chi connectivity index (χ0n) is 12.6. The first-order valence-corrected chi connectivity index (χ1v) is 8.10. The number of hydrogen-bond acceptors (Lipinski definition) is 5. The summed E-state index contributed by atoms with van der Waals surface area (Å²) >= 11 is 0. The predicted octanol–water partition coefficient (Wildman–Crippen LogP) is 1.72. The SMILES string of the molecule is OC[C@@H]1COCCN1Cc1cnc(C2CCCCC2)nc1. The molecule has 3 rings (SSSR count). The van der Waals surface area contributed by atoms with Gasteiger partial charge in [-0.1, -0.05) is 19.3 Å². The van der Waals surface area contributed by atoms with E-state index in [1.165, 1.54) is 32.1 Å². The zero-order valence-corrected chi connectivity index (χ0v) is 12.6. The first kappa shape index (κ1) is 14.9. The van der Waals surface area contributed by atoms with Crippen molar-refractivity contribution in [3.63, 3.8) is 0 Å². The number of morpholine rings is 1. The van der Waals surface area contributed by atoms with E-state index in [9.17, 15) is 5.11 Å². The summed E-state index contributed by atoms with van der Waals surface area (Å²) < 4.78 is 5.41. The first-order valence-electron chi connectivity index (χ1n) is 8.10. The molecule has 0 unspecified atom stereocenters. The molecule has 1 atom stereocenters. The minimum absolute atomic E-state index is 0.0942. The van der Waals surface area contributed by atoms with Crippen LogP contribution in [0.25, 0.3) is 0 Å². The maximum absolute atomic E-state index is 9.40. The molecule has 0 amide bonds. The quantitative estimate of drug-likeness (QED) is 0.915. The van der Waals surface area contributed by atoms with E-state index < -0.39 is 0 Å². The molecule has 0 spiro atoms. The number of aliphatic hydroxyl groups excluding tert-OH is 1. The highest BCUT2D eigenvalue weighted by molar-refractivity contribution is 5.08. The van der Waals surface area contributed by atoms with Crippen LogP contribution in [0.2, 0.25) is 0 Å². The van der Waals surface area contributed by atoms with Gasteiger partial charge in [0.2, 0.25) is 0 Å². The van der Waals surface area contributed by atoms with Crippen LogP contribution in [0.1, 0.15) is 49.4 Å². The Morgan fingerprint density at radius 3 is 2.67 bits per heavy atom. The van der Waals surface area contributed by atoms with E-state index in [0.717, 1.165) is 31.1 Å². The number of ether oxygens (including phenoxy) is 1. The Morgan fingerprint density at radius 1 is 1.19 bits per heavy atom. The third-order valence-corrected chi connectivity index (χ3v) is 4.64. The van der Waals surface area contributed by atoms with Crippen molar-refractivity contribution in [2.45, 2.75) is 50.6 Å². The lowest BCUT2D eigenvalue weighted by molar-refractivity contribution is -0.0313. The minimum atomic E-state index is 0.0942. The topological polar surface area (TPSA) is 58.5 Å². The van der Waals surface area contributed by atoms with Crippen LogP contribution in [0.3, 0.4) is 0 Å². The Kier molecular flexibility index (Phi) is 5.17. The lowest BCUT2D eigenvalue weighted by atomic mass is 9.89. The number of aliphatic hydroxyl groups is 1. The van der Waals surface area contributed by atoms with Crippen LogP contribution >= 0.6 is 0 Å². The summed E-state index contributed by atoms with van der Waals surface area (Å²) in [6.07, 6.45) is 10.4. The fourth-order valence-electron chi connectivity index (χ4n) is 3.32. The molecule has 21 heavy (non-hydrogen) atoms. The second kappa shape index (κ2) is 7.29. The Bertz CT molecular complexity index is 432. The van der Waals surface area contributed by atoms with Gasteiger partial charge in [-0.15, -0.1) is 0 Å². The molecule has 5 heteroatoms. The second-order valence-corrected chi connectivity index (χ2v) is 6.17. The Balaban J connectivity index is 1.61.